The second-order valence-corrected chi connectivity index (χ2v) is 12.4. The van der Waals surface area contributed by atoms with E-state index in [-0.39, 0.29) is 35.5 Å². The highest BCUT2D eigenvalue weighted by Crippen LogP contribution is 2.41. The number of hydrogen-bond acceptors (Lipinski definition) is 7. The average molecular weight is 558 g/mol. The number of fused-ring (bicyclic) bond motifs is 1. The number of benzene rings is 1. The molecule has 0 radical (unpaired) electrons. The lowest BCUT2D eigenvalue weighted by Gasteiger charge is -2.46. The fourth-order valence-electron chi connectivity index (χ4n) is 6.33. The first-order valence-electron chi connectivity index (χ1n) is 14.2. The van der Waals surface area contributed by atoms with Crippen molar-refractivity contribution >= 4 is 11.6 Å². The predicted molar refractivity (Wildman–Crippen MR) is 149 cm³/mol. The molecule has 1 aromatic carbocycles. The van der Waals surface area contributed by atoms with Crippen molar-refractivity contribution in [3.63, 3.8) is 0 Å². The summed E-state index contributed by atoms with van der Waals surface area (Å²) < 4.78 is 33.6. The second-order valence-electron chi connectivity index (χ2n) is 12.4. The minimum Gasteiger partial charge on any atom is -0.383 e. The van der Waals surface area contributed by atoms with Gasteiger partial charge in [-0.15, -0.1) is 0 Å². The van der Waals surface area contributed by atoms with Crippen LogP contribution in [-0.4, -0.2) is 95.9 Å². The number of rotatable bonds is 6. The highest BCUT2D eigenvalue weighted by atomic mass is 19.1. The number of carbonyl (C=O) groups excluding carboxylic acids is 1. The average Bonchev–Trinajstić information content (AvgIpc) is 3.17. The molecule has 40 heavy (non-hydrogen) atoms. The molecule has 3 aliphatic heterocycles. The maximum absolute atomic E-state index is 14.4. The van der Waals surface area contributed by atoms with Crippen LogP contribution in [0.4, 0.5) is 14.5 Å². The molecule has 5 atom stereocenters. The van der Waals surface area contributed by atoms with Crippen molar-refractivity contribution in [2.75, 3.05) is 50.8 Å². The SMILES string of the molecule is C[C@@H]1CN(CC(=O)N2CC(C)(C)c3ncc(C(O)c4ccc(F)cc4F)cc32)[C@@H](CN2[C@H](C)COC[C@H]2C)CN1. The molecule has 0 bridgehead atoms. The molecular weight excluding hydrogens is 516 g/mol. The number of nitrogens with one attached hydrogen (secondary N) is 1. The summed E-state index contributed by atoms with van der Waals surface area (Å²) in [6.07, 6.45) is 0.177. The van der Waals surface area contributed by atoms with Gasteiger partial charge in [0.1, 0.15) is 17.7 Å². The van der Waals surface area contributed by atoms with Crippen LogP contribution in [0.3, 0.4) is 0 Å². The number of carbonyl (C=O) groups is 1. The molecule has 8 nitrogen and oxygen atoms in total. The van der Waals surface area contributed by atoms with Gasteiger partial charge >= 0.3 is 0 Å². The molecule has 1 aromatic heterocycles. The van der Waals surface area contributed by atoms with Crippen molar-refractivity contribution in [1.82, 2.24) is 20.1 Å². The highest BCUT2D eigenvalue weighted by Gasteiger charge is 2.41. The third-order valence-electron chi connectivity index (χ3n) is 8.58. The molecule has 10 heteroatoms. The Kier molecular flexibility index (Phi) is 8.27. The Morgan fingerprint density at radius 3 is 2.62 bits per heavy atom. The lowest BCUT2D eigenvalue weighted by Crippen LogP contribution is -2.63. The lowest BCUT2D eigenvalue weighted by molar-refractivity contribution is -0.121. The number of aromatic nitrogens is 1. The Hall–Kier alpha value is -2.50. The second kappa shape index (κ2) is 11.4. The van der Waals surface area contributed by atoms with Gasteiger partial charge in [0.25, 0.3) is 0 Å². The molecule has 0 saturated carbocycles. The normalized spacial score (nSPS) is 27.9. The fourth-order valence-corrected chi connectivity index (χ4v) is 6.33. The standard InChI is InChI=1S/C30H41F2N5O3/c1-18-12-35(23(11-33-18)13-36-19(2)15-40-16-20(36)3)14-27(38)37-17-30(4,5)29-26(37)8-21(10-34-29)28(39)24-7-6-22(31)9-25(24)32/h6-10,18-20,23,28,33,39H,11-17H2,1-5H3/t18-,19-,20-,23-,28?/m1/s1. The van der Waals surface area contributed by atoms with Crippen LogP contribution in [0, 0.1) is 11.6 Å². The Bertz CT molecular complexity index is 1230. The first-order chi connectivity index (χ1) is 18.9. The van der Waals surface area contributed by atoms with Gasteiger partial charge < -0.3 is 20.1 Å². The van der Waals surface area contributed by atoms with Gasteiger partial charge in [0, 0.05) is 79.2 Å². The zero-order valence-corrected chi connectivity index (χ0v) is 24.0. The number of morpholine rings is 1. The lowest BCUT2D eigenvalue weighted by atomic mass is 9.90. The van der Waals surface area contributed by atoms with E-state index in [0.717, 1.165) is 37.5 Å². The van der Waals surface area contributed by atoms with E-state index in [1.54, 1.807) is 11.0 Å². The third kappa shape index (κ3) is 5.78. The van der Waals surface area contributed by atoms with Gasteiger partial charge in [-0.05, 0) is 32.9 Å². The quantitative estimate of drug-likeness (QED) is 0.566. The number of nitrogens with zero attached hydrogens (tertiary/aromatic N) is 4. The third-order valence-corrected chi connectivity index (χ3v) is 8.58. The molecule has 3 aliphatic rings. The van der Waals surface area contributed by atoms with Crippen LogP contribution >= 0.6 is 0 Å². The largest absolute Gasteiger partial charge is 0.383 e. The Labute approximate surface area is 235 Å². The molecule has 2 fully saturated rings. The molecule has 1 unspecified atom stereocenters. The van der Waals surface area contributed by atoms with Crippen molar-refractivity contribution in [3.05, 3.63) is 58.9 Å². The van der Waals surface area contributed by atoms with Crippen LogP contribution in [0.2, 0.25) is 0 Å². The number of hydrogen-bond donors (Lipinski definition) is 2. The van der Waals surface area contributed by atoms with E-state index >= 15 is 0 Å². The Morgan fingerprint density at radius 2 is 1.93 bits per heavy atom. The Balaban J connectivity index is 1.37. The van der Waals surface area contributed by atoms with E-state index < -0.39 is 17.7 Å². The molecule has 0 spiro atoms. The van der Waals surface area contributed by atoms with E-state index in [0.29, 0.717) is 43.1 Å². The van der Waals surface area contributed by atoms with Crippen LogP contribution in [0.1, 0.15) is 57.5 Å². The topological polar surface area (TPSA) is 81.2 Å². The van der Waals surface area contributed by atoms with E-state index in [2.05, 4.69) is 40.9 Å². The summed E-state index contributed by atoms with van der Waals surface area (Å²) >= 11 is 0. The first kappa shape index (κ1) is 29.0. The summed E-state index contributed by atoms with van der Waals surface area (Å²) in [5.74, 6) is -1.57. The van der Waals surface area contributed by atoms with Crippen molar-refractivity contribution in [1.29, 1.82) is 0 Å². The van der Waals surface area contributed by atoms with Gasteiger partial charge in [-0.1, -0.05) is 19.9 Å². The number of piperazine rings is 1. The molecule has 2 aromatic rings. The van der Waals surface area contributed by atoms with Crippen molar-refractivity contribution in [2.24, 2.45) is 0 Å². The number of aliphatic hydroxyl groups is 1. The smallest absolute Gasteiger partial charge is 0.241 e. The van der Waals surface area contributed by atoms with Gasteiger partial charge in [0.15, 0.2) is 0 Å². The number of ether oxygens (including phenoxy) is 1. The molecular formula is C30H41F2N5O3. The van der Waals surface area contributed by atoms with Crippen LogP contribution in [0.25, 0.3) is 0 Å². The number of halogens is 2. The van der Waals surface area contributed by atoms with Crippen molar-refractivity contribution < 1.29 is 23.4 Å². The van der Waals surface area contributed by atoms with Gasteiger partial charge in [-0.2, -0.15) is 0 Å². The monoisotopic (exact) mass is 557 g/mol. The fraction of sp³-hybridized carbons (Fsp3) is 0.600. The van der Waals surface area contributed by atoms with Crippen molar-refractivity contribution in [2.45, 2.75) is 70.3 Å². The highest BCUT2D eigenvalue weighted by molar-refractivity contribution is 5.97. The number of aliphatic hydroxyl groups excluding tert-OH is 1. The van der Waals surface area contributed by atoms with E-state index in [4.69, 9.17) is 4.74 Å². The van der Waals surface area contributed by atoms with Crippen LogP contribution in [-0.2, 0) is 14.9 Å². The summed E-state index contributed by atoms with van der Waals surface area (Å²) in [6, 6.07) is 5.88. The number of pyridine rings is 1. The van der Waals surface area contributed by atoms with Crippen LogP contribution in [0.5, 0.6) is 0 Å². The molecule has 5 rings (SSSR count). The van der Waals surface area contributed by atoms with Crippen LogP contribution in [0.15, 0.2) is 30.5 Å². The predicted octanol–water partition coefficient (Wildman–Crippen LogP) is 2.84. The molecule has 218 valence electrons. The molecule has 0 aliphatic carbocycles. The molecule has 4 heterocycles. The molecule has 1 amide bonds. The maximum Gasteiger partial charge on any atom is 0.241 e. The number of anilines is 1. The summed E-state index contributed by atoms with van der Waals surface area (Å²) in [5, 5.41) is 14.5. The Morgan fingerprint density at radius 1 is 1.20 bits per heavy atom. The van der Waals surface area contributed by atoms with Gasteiger partial charge in [-0.3, -0.25) is 19.6 Å². The number of amides is 1. The maximum atomic E-state index is 14.4. The van der Waals surface area contributed by atoms with E-state index in [1.807, 2.05) is 13.8 Å². The van der Waals surface area contributed by atoms with Gasteiger partial charge in [-0.25, -0.2) is 8.78 Å². The molecule has 2 saturated heterocycles. The van der Waals surface area contributed by atoms with Crippen LogP contribution < -0.4 is 10.2 Å². The van der Waals surface area contributed by atoms with Crippen molar-refractivity contribution in [3.8, 4) is 0 Å². The summed E-state index contributed by atoms with van der Waals surface area (Å²) in [6.45, 7) is 15.1. The molecule has 2 N–H and O–H groups in total. The minimum atomic E-state index is -1.34. The summed E-state index contributed by atoms with van der Waals surface area (Å²) in [5.41, 5.74) is 1.32. The van der Waals surface area contributed by atoms with E-state index in [1.165, 1.54) is 12.3 Å². The zero-order chi connectivity index (χ0) is 28.8. The summed E-state index contributed by atoms with van der Waals surface area (Å²) in [7, 11) is 0. The van der Waals surface area contributed by atoms with Gasteiger partial charge in [0.2, 0.25) is 5.91 Å². The summed E-state index contributed by atoms with van der Waals surface area (Å²) in [4.78, 5) is 25.0. The minimum absolute atomic E-state index is 0.0320. The zero-order valence-electron chi connectivity index (χ0n) is 24.0. The van der Waals surface area contributed by atoms with E-state index in [9.17, 15) is 18.7 Å². The first-order valence-corrected chi connectivity index (χ1v) is 14.2. The van der Waals surface area contributed by atoms with Gasteiger partial charge in [0.05, 0.1) is 31.1 Å².